The van der Waals surface area contributed by atoms with Gasteiger partial charge in [0, 0.05) is 13.1 Å². The van der Waals surface area contributed by atoms with Gasteiger partial charge in [0.15, 0.2) is 11.4 Å². The van der Waals surface area contributed by atoms with E-state index in [1.165, 1.54) is 10.9 Å². The third-order valence-corrected chi connectivity index (χ3v) is 2.17. The molecule has 0 aromatic carbocycles. The summed E-state index contributed by atoms with van der Waals surface area (Å²) in [5.41, 5.74) is 0.00600. The molecular formula is C10H8F3N5O. The van der Waals surface area contributed by atoms with Crippen LogP contribution >= 0.6 is 0 Å². The minimum atomic E-state index is -4.90. The molecule has 0 bridgehead atoms. The number of alkyl halides is 3. The summed E-state index contributed by atoms with van der Waals surface area (Å²) < 4.78 is 36.9. The predicted molar refractivity (Wildman–Crippen MR) is 55.3 cm³/mol. The third-order valence-electron chi connectivity index (χ3n) is 2.17. The number of nitrogens with one attached hydrogen (secondary N) is 1. The van der Waals surface area contributed by atoms with Gasteiger partial charge in [0.2, 0.25) is 0 Å². The molecule has 0 aliphatic rings. The van der Waals surface area contributed by atoms with Crippen LogP contribution in [-0.4, -0.2) is 28.2 Å². The Labute approximate surface area is 106 Å². The molecule has 0 spiro atoms. The number of rotatable bonds is 4. The van der Waals surface area contributed by atoms with Crippen LogP contribution in [0.5, 0.6) is 0 Å². The van der Waals surface area contributed by atoms with Gasteiger partial charge in [-0.25, -0.2) is 4.98 Å². The van der Waals surface area contributed by atoms with Gasteiger partial charge in [-0.1, -0.05) is 0 Å². The standard InChI is InChI=1S/C10H8F3N5O/c11-10(12,13)9(19)16-2-1-3-18-6-17-7(4-14)8(18)5-15/h6H,1-3H2,(H,16,19). The van der Waals surface area contributed by atoms with Crippen molar-refractivity contribution in [3.63, 3.8) is 0 Å². The number of nitrogens with zero attached hydrogens (tertiary/aromatic N) is 4. The van der Waals surface area contributed by atoms with E-state index in [0.29, 0.717) is 0 Å². The van der Waals surface area contributed by atoms with Crippen molar-refractivity contribution in [2.24, 2.45) is 0 Å². The van der Waals surface area contributed by atoms with Crippen LogP contribution in [0, 0.1) is 22.7 Å². The number of hydrogen-bond donors (Lipinski definition) is 1. The SMILES string of the molecule is N#Cc1ncn(CCCNC(=O)C(F)(F)F)c1C#N. The van der Waals surface area contributed by atoms with Gasteiger partial charge < -0.3 is 9.88 Å². The zero-order chi connectivity index (χ0) is 14.5. The van der Waals surface area contributed by atoms with E-state index in [4.69, 9.17) is 10.5 Å². The second-order valence-electron chi connectivity index (χ2n) is 3.47. The first-order valence-corrected chi connectivity index (χ1v) is 5.10. The summed E-state index contributed by atoms with van der Waals surface area (Å²) in [6.45, 7) is -0.0149. The van der Waals surface area contributed by atoms with Crippen molar-refractivity contribution in [1.82, 2.24) is 14.9 Å². The normalized spacial score (nSPS) is 10.6. The molecule has 0 fully saturated rings. The Kier molecular flexibility index (Phi) is 4.48. The Morgan fingerprint density at radius 1 is 1.42 bits per heavy atom. The molecule has 1 N–H and O–H groups in total. The van der Waals surface area contributed by atoms with Crippen molar-refractivity contribution in [2.75, 3.05) is 6.54 Å². The number of halogens is 3. The number of imidazole rings is 1. The van der Waals surface area contributed by atoms with E-state index in [9.17, 15) is 18.0 Å². The van der Waals surface area contributed by atoms with Crippen LogP contribution in [0.1, 0.15) is 17.8 Å². The molecule has 1 heterocycles. The van der Waals surface area contributed by atoms with Gasteiger partial charge in [-0.05, 0) is 6.42 Å². The number of carbonyl (C=O) groups is 1. The van der Waals surface area contributed by atoms with Crippen LogP contribution in [0.2, 0.25) is 0 Å². The van der Waals surface area contributed by atoms with Crippen molar-refractivity contribution in [2.45, 2.75) is 19.1 Å². The van der Waals surface area contributed by atoms with E-state index in [1.807, 2.05) is 0 Å². The maximum absolute atomic E-state index is 11.9. The summed E-state index contributed by atoms with van der Waals surface area (Å²) in [4.78, 5) is 14.2. The van der Waals surface area contributed by atoms with E-state index in [2.05, 4.69) is 4.98 Å². The van der Waals surface area contributed by atoms with Crippen molar-refractivity contribution in [1.29, 1.82) is 10.5 Å². The largest absolute Gasteiger partial charge is 0.471 e. The van der Waals surface area contributed by atoms with Gasteiger partial charge >= 0.3 is 12.1 Å². The van der Waals surface area contributed by atoms with Crippen molar-refractivity contribution >= 4 is 5.91 Å². The summed E-state index contributed by atoms with van der Waals surface area (Å²) >= 11 is 0. The maximum Gasteiger partial charge on any atom is 0.471 e. The average molecular weight is 271 g/mol. The van der Waals surface area contributed by atoms with Crippen LogP contribution in [0.3, 0.4) is 0 Å². The predicted octanol–water partition coefficient (Wildman–Crippen LogP) is 0.695. The van der Waals surface area contributed by atoms with Crippen molar-refractivity contribution in [3.8, 4) is 12.1 Å². The van der Waals surface area contributed by atoms with Gasteiger partial charge in [0.1, 0.15) is 12.1 Å². The van der Waals surface area contributed by atoms with E-state index >= 15 is 0 Å². The number of aromatic nitrogens is 2. The zero-order valence-corrected chi connectivity index (χ0v) is 9.53. The number of aryl methyl sites for hydroxylation is 1. The quantitative estimate of drug-likeness (QED) is 0.815. The fraction of sp³-hybridized carbons (Fsp3) is 0.400. The molecule has 1 aromatic rings. The van der Waals surface area contributed by atoms with Gasteiger partial charge in [0.05, 0.1) is 6.33 Å². The number of carbonyl (C=O) groups excluding carboxylic acids is 1. The third kappa shape index (κ3) is 3.71. The molecule has 19 heavy (non-hydrogen) atoms. The topological polar surface area (TPSA) is 94.5 Å². The molecular weight excluding hydrogens is 263 g/mol. The minimum absolute atomic E-state index is 0.0400. The van der Waals surface area contributed by atoms with Crippen molar-refractivity contribution < 1.29 is 18.0 Å². The van der Waals surface area contributed by atoms with E-state index in [-0.39, 0.29) is 30.9 Å². The molecule has 9 heteroatoms. The fourth-order valence-corrected chi connectivity index (χ4v) is 1.30. The maximum atomic E-state index is 11.9. The first kappa shape index (κ1) is 14.5. The summed E-state index contributed by atoms with van der Waals surface area (Å²) in [5, 5.41) is 19.1. The molecule has 1 aromatic heterocycles. The molecule has 0 aliphatic carbocycles. The van der Waals surface area contributed by atoms with Crippen molar-refractivity contribution in [3.05, 3.63) is 17.7 Å². The van der Waals surface area contributed by atoms with E-state index < -0.39 is 12.1 Å². The van der Waals surface area contributed by atoms with Crippen LogP contribution in [0.4, 0.5) is 13.2 Å². The van der Waals surface area contributed by atoms with Gasteiger partial charge in [-0.15, -0.1) is 0 Å². The lowest BCUT2D eigenvalue weighted by Gasteiger charge is -2.08. The van der Waals surface area contributed by atoms with Gasteiger partial charge in [-0.2, -0.15) is 23.7 Å². The minimum Gasteiger partial charge on any atom is -0.348 e. The molecule has 0 radical (unpaired) electrons. The molecule has 0 aliphatic heterocycles. The second kappa shape index (κ2) is 5.87. The Hall–Kier alpha value is -2.55. The van der Waals surface area contributed by atoms with Crippen LogP contribution in [-0.2, 0) is 11.3 Å². The van der Waals surface area contributed by atoms with E-state index in [0.717, 1.165) is 0 Å². The molecule has 0 saturated heterocycles. The fourth-order valence-electron chi connectivity index (χ4n) is 1.30. The highest BCUT2D eigenvalue weighted by Crippen LogP contribution is 2.14. The lowest BCUT2D eigenvalue weighted by atomic mass is 10.3. The van der Waals surface area contributed by atoms with Gasteiger partial charge in [0.25, 0.3) is 0 Å². The Morgan fingerprint density at radius 2 is 2.11 bits per heavy atom. The number of amides is 1. The first-order valence-electron chi connectivity index (χ1n) is 5.10. The summed E-state index contributed by atoms with van der Waals surface area (Å²) in [6.07, 6.45) is -3.47. The molecule has 0 saturated carbocycles. The van der Waals surface area contributed by atoms with Gasteiger partial charge in [-0.3, -0.25) is 4.79 Å². The number of hydrogen-bond acceptors (Lipinski definition) is 4. The Bertz CT molecular complexity index is 549. The Morgan fingerprint density at radius 3 is 2.63 bits per heavy atom. The first-order chi connectivity index (χ1) is 8.90. The smallest absolute Gasteiger partial charge is 0.348 e. The highest BCUT2D eigenvalue weighted by Gasteiger charge is 2.38. The highest BCUT2D eigenvalue weighted by molar-refractivity contribution is 5.81. The second-order valence-corrected chi connectivity index (χ2v) is 3.47. The Balaban J connectivity index is 2.48. The summed E-state index contributed by atoms with van der Waals surface area (Å²) in [6, 6.07) is 3.50. The van der Waals surface area contributed by atoms with Crippen LogP contribution in [0.15, 0.2) is 6.33 Å². The molecule has 0 atom stereocenters. The van der Waals surface area contributed by atoms with E-state index in [1.54, 1.807) is 17.5 Å². The monoisotopic (exact) mass is 271 g/mol. The molecule has 1 rings (SSSR count). The average Bonchev–Trinajstić information content (AvgIpc) is 2.75. The summed E-state index contributed by atoms with van der Waals surface area (Å²) in [5.74, 6) is -2.00. The molecule has 1 amide bonds. The lowest BCUT2D eigenvalue weighted by molar-refractivity contribution is -0.173. The molecule has 100 valence electrons. The molecule has 6 nitrogen and oxygen atoms in total. The van der Waals surface area contributed by atoms with Crippen LogP contribution < -0.4 is 5.32 Å². The number of nitriles is 2. The molecule has 0 unspecified atom stereocenters. The van der Waals surface area contributed by atoms with Crippen LogP contribution in [0.25, 0.3) is 0 Å². The lowest BCUT2D eigenvalue weighted by Crippen LogP contribution is -2.37. The zero-order valence-electron chi connectivity index (χ0n) is 9.53. The highest BCUT2D eigenvalue weighted by atomic mass is 19.4. The summed E-state index contributed by atoms with van der Waals surface area (Å²) in [7, 11) is 0.